The van der Waals surface area contributed by atoms with Crippen molar-refractivity contribution in [2.45, 2.75) is 19.1 Å². The number of aliphatic carboxylic acids is 1. The number of benzene rings is 2. The number of amides is 1. The van der Waals surface area contributed by atoms with Crippen molar-refractivity contribution in [2.24, 2.45) is 4.99 Å². The number of esters is 1. The van der Waals surface area contributed by atoms with Crippen molar-refractivity contribution in [3.8, 4) is 0 Å². The van der Waals surface area contributed by atoms with E-state index in [0.29, 0.717) is 27.5 Å². The van der Waals surface area contributed by atoms with Gasteiger partial charge in [0.2, 0.25) is 0 Å². The minimum Gasteiger partial charge on any atom is -0.550 e. The average molecular weight is 409 g/mol. The van der Waals surface area contributed by atoms with Crippen LogP contribution in [0.1, 0.15) is 24.0 Å². The van der Waals surface area contributed by atoms with Gasteiger partial charge in [0.15, 0.2) is 0 Å². The van der Waals surface area contributed by atoms with E-state index in [1.807, 2.05) is 18.2 Å². The quantitative estimate of drug-likeness (QED) is 0.480. The molecule has 0 spiro atoms. The van der Waals surface area contributed by atoms with Crippen LogP contribution in [0, 0.1) is 0 Å². The summed E-state index contributed by atoms with van der Waals surface area (Å²) < 4.78 is 5.08. The molecule has 2 aromatic carbocycles. The number of carboxylic acid groups (broad SMARTS) is 1. The SMILES string of the molecule is O=C([O-])CCC(=O)OC1N=C(c2ccccc2)c2cc(Cl)ccc2NC1=O.[Na+]. The minimum atomic E-state index is -1.46. The van der Waals surface area contributed by atoms with Gasteiger partial charge in [-0.2, -0.15) is 0 Å². The number of nitrogens with one attached hydrogen (secondary N) is 1. The van der Waals surface area contributed by atoms with Gasteiger partial charge >= 0.3 is 35.5 Å². The molecule has 1 amide bonds. The Balaban J connectivity index is 0.00000280. The maximum absolute atomic E-state index is 12.5. The summed E-state index contributed by atoms with van der Waals surface area (Å²) >= 11 is 6.10. The van der Waals surface area contributed by atoms with Crippen LogP contribution in [-0.4, -0.2) is 29.8 Å². The number of halogens is 1. The van der Waals surface area contributed by atoms with E-state index in [-0.39, 0.29) is 29.6 Å². The maximum Gasteiger partial charge on any atom is 1.00 e. The molecule has 1 atom stereocenters. The Morgan fingerprint density at radius 1 is 1.14 bits per heavy atom. The van der Waals surface area contributed by atoms with Crippen LogP contribution in [0.15, 0.2) is 53.5 Å². The first-order valence-corrected chi connectivity index (χ1v) is 8.45. The number of nitrogens with zero attached hydrogens (tertiary/aromatic N) is 1. The molecule has 1 N–H and O–H groups in total. The molecule has 3 rings (SSSR count). The summed E-state index contributed by atoms with van der Waals surface area (Å²) in [7, 11) is 0. The standard InChI is InChI=1S/C19H15ClN2O5.Na/c20-12-6-7-14-13(10-12)17(11-4-2-1-3-5-11)22-19(18(26)21-14)27-16(25)9-8-15(23)24;/h1-7,10,19H,8-9H2,(H,21,26)(H,23,24);/q;+1/p-1. The monoisotopic (exact) mass is 408 g/mol. The van der Waals surface area contributed by atoms with Crippen LogP contribution < -0.4 is 40.0 Å². The van der Waals surface area contributed by atoms with E-state index in [1.54, 1.807) is 30.3 Å². The van der Waals surface area contributed by atoms with Gasteiger partial charge in [-0.1, -0.05) is 41.9 Å². The number of rotatable bonds is 5. The van der Waals surface area contributed by atoms with E-state index in [1.165, 1.54) is 0 Å². The second-order valence-corrected chi connectivity index (χ2v) is 6.17. The average Bonchev–Trinajstić information content (AvgIpc) is 2.78. The van der Waals surface area contributed by atoms with Crippen molar-refractivity contribution in [3.63, 3.8) is 0 Å². The molecule has 1 aliphatic rings. The third-order valence-corrected chi connectivity index (χ3v) is 4.02. The third kappa shape index (κ3) is 5.42. The molecular formula is C19H14ClN2NaO5. The summed E-state index contributed by atoms with van der Waals surface area (Å²) in [6, 6.07) is 14.0. The van der Waals surface area contributed by atoms with Gasteiger partial charge < -0.3 is 20.0 Å². The fourth-order valence-corrected chi connectivity index (χ4v) is 2.73. The van der Waals surface area contributed by atoms with Crippen LogP contribution in [-0.2, 0) is 19.1 Å². The number of aliphatic imine (C=N–C) groups is 1. The molecular weight excluding hydrogens is 395 g/mol. The van der Waals surface area contributed by atoms with Gasteiger partial charge in [0.05, 0.1) is 17.8 Å². The first kappa shape index (κ1) is 22.1. The number of hydrogen-bond acceptors (Lipinski definition) is 6. The zero-order chi connectivity index (χ0) is 19.4. The molecule has 1 unspecified atom stereocenters. The zero-order valence-electron chi connectivity index (χ0n) is 15.0. The van der Waals surface area contributed by atoms with E-state index in [9.17, 15) is 19.5 Å². The van der Waals surface area contributed by atoms with Gasteiger partial charge in [0.25, 0.3) is 12.1 Å². The predicted octanol–water partition coefficient (Wildman–Crippen LogP) is -1.47. The number of carbonyl (C=O) groups excluding carboxylic acids is 3. The van der Waals surface area contributed by atoms with Crippen LogP contribution in [0.5, 0.6) is 0 Å². The molecule has 1 heterocycles. The number of anilines is 1. The van der Waals surface area contributed by atoms with E-state index >= 15 is 0 Å². The molecule has 2 aromatic rings. The Hall–Kier alpha value is -2.19. The molecule has 7 nitrogen and oxygen atoms in total. The van der Waals surface area contributed by atoms with Gasteiger partial charge in [0, 0.05) is 22.1 Å². The summed E-state index contributed by atoms with van der Waals surface area (Å²) in [4.78, 5) is 39.1. The molecule has 0 fully saturated rings. The van der Waals surface area contributed by atoms with Gasteiger partial charge in [-0.05, 0) is 24.6 Å². The van der Waals surface area contributed by atoms with Crippen LogP contribution in [0.3, 0.4) is 0 Å². The van der Waals surface area contributed by atoms with Gasteiger partial charge in [-0.3, -0.25) is 9.59 Å². The number of carboxylic acids is 1. The van der Waals surface area contributed by atoms with Gasteiger partial charge in [0.1, 0.15) is 0 Å². The molecule has 0 saturated carbocycles. The Morgan fingerprint density at radius 2 is 1.86 bits per heavy atom. The van der Waals surface area contributed by atoms with Crippen molar-refractivity contribution < 1.29 is 53.8 Å². The summed E-state index contributed by atoms with van der Waals surface area (Å²) in [6.07, 6.45) is -2.38. The Labute approximate surface area is 188 Å². The Morgan fingerprint density at radius 3 is 2.54 bits per heavy atom. The molecule has 28 heavy (non-hydrogen) atoms. The van der Waals surface area contributed by atoms with Gasteiger partial charge in [-0.15, -0.1) is 0 Å². The first-order valence-electron chi connectivity index (χ1n) is 8.07. The third-order valence-electron chi connectivity index (χ3n) is 3.79. The van der Waals surface area contributed by atoms with Crippen molar-refractivity contribution >= 4 is 40.8 Å². The van der Waals surface area contributed by atoms with E-state index in [2.05, 4.69) is 10.3 Å². The van der Waals surface area contributed by atoms with Crippen molar-refractivity contribution in [3.05, 3.63) is 64.7 Å². The second kappa shape index (κ2) is 9.84. The van der Waals surface area contributed by atoms with Crippen molar-refractivity contribution in [1.82, 2.24) is 0 Å². The Kier molecular flexibility index (Phi) is 7.77. The summed E-state index contributed by atoms with van der Waals surface area (Å²) in [6.45, 7) is 0. The van der Waals surface area contributed by atoms with E-state index in [0.717, 1.165) is 0 Å². The number of fused-ring (bicyclic) bond motifs is 1. The van der Waals surface area contributed by atoms with Gasteiger partial charge in [-0.25, -0.2) is 4.99 Å². The predicted molar refractivity (Wildman–Crippen MR) is 96.3 cm³/mol. The number of carbonyl (C=O) groups is 3. The molecule has 9 heteroatoms. The van der Waals surface area contributed by atoms with Crippen molar-refractivity contribution in [1.29, 1.82) is 0 Å². The van der Waals surface area contributed by atoms with Crippen LogP contribution in [0.25, 0.3) is 0 Å². The number of ether oxygens (including phenoxy) is 1. The van der Waals surface area contributed by atoms with E-state index in [4.69, 9.17) is 16.3 Å². The summed E-state index contributed by atoms with van der Waals surface area (Å²) in [5.74, 6) is -2.89. The molecule has 0 radical (unpaired) electrons. The molecule has 1 aliphatic heterocycles. The summed E-state index contributed by atoms with van der Waals surface area (Å²) in [5, 5.41) is 13.6. The van der Waals surface area contributed by atoms with E-state index < -0.39 is 36.9 Å². The fraction of sp³-hybridized carbons (Fsp3) is 0.158. The van der Waals surface area contributed by atoms with Crippen LogP contribution in [0.2, 0.25) is 5.02 Å². The number of hydrogen-bond donors (Lipinski definition) is 1. The zero-order valence-corrected chi connectivity index (χ0v) is 17.7. The molecule has 0 aliphatic carbocycles. The summed E-state index contributed by atoms with van der Waals surface area (Å²) in [5.41, 5.74) is 2.17. The van der Waals surface area contributed by atoms with Crippen molar-refractivity contribution in [2.75, 3.05) is 5.32 Å². The molecule has 0 aromatic heterocycles. The van der Waals surface area contributed by atoms with Crippen LogP contribution in [0.4, 0.5) is 5.69 Å². The second-order valence-electron chi connectivity index (χ2n) is 5.74. The maximum atomic E-state index is 12.5. The molecule has 0 saturated heterocycles. The molecule has 0 bridgehead atoms. The number of benzodiazepines with no additional fused rings is 1. The minimum absolute atomic E-state index is 0. The fourth-order valence-electron chi connectivity index (χ4n) is 2.55. The normalized spacial score (nSPS) is 15.2. The van der Waals surface area contributed by atoms with Crippen LogP contribution >= 0.6 is 11.6 Å². The largest absolute Gasteiger partial charge is 1.00 e. The molecule has 138 valence electrons. The smallest absolute Gasteiger partial charge is 0.550 e. The Bertz CT molecular complexity index is 933. The topological polar surface area (TPSA) is 108 Å². The first-order chi connectivity index (χ1) is 12.9.